The van der Waals surface area contributed by atoms with E-state index in [1.165, 1.54) is 11.1 Å². The molecule has 3 rings (SSSR count). The second-order valence-electron chi connectivity index (χ2n) is 6.68. The molecule has 2 nitrogen and oxygen atoms in total. The number of thioether (sulfide) groups is 1. The molecule has 0 saturated carbocycles. The van der Waals surface area contributed by atoms with Gasteiger partial charge in [-0.1, -0.05) is 84.4 Å². The van der Waals surface area contributed by atoms with E-state index >= 15 is 0 Å². The zero-order valence-electron chi connectivity index (χ0n) is 16.4. The minimum Gasteiger partial charge on any atom is -0.351 e. The van der Waals surface area contributed by atoms with Gasteiger partial charge in [-0.25, -0.2) is 0 Å². The standard InChI is InChI=1S/C25H24ClNOS/c1-19-9-5-6-13-22(19)18-29-16-15-27-25(28)23(20-10-3-2-4-11-20)17-21-12-7-8-14-24(21)26/h2-14,17H,15-16,18H2,1H3,(H,27,28)/b23-17+. The molecular formula is C25H24ClNOS. The largest absolute Gasteiger partial charge is 0.351 e. The molecule has 0 unspecified atom stereocenters. The van der Waals surface area contributed by atoms with Gasteiger partial charge in [-0.3, -0.25) is 4.79 Å². The first kappa shape index (κ1) is 21.2. The van der Waals surface area contributed by atoms with E-state index < -0.39 is 0 Å². The van der Waals surface area contributed by atoms with Gasteiger partial charge in [-0.15, -0.1) is 0 Å². The number of carbonyl (C=O) groups is 1. The second-order valence-corrected chi connectivity index (χ2v) is 8.19. The summed E-state index contributed by atoms with van der Waals surface area (Å²) in [5.41, 5.74) is 4.96. The third kappa shape index (κ3) is 6.25. The molecule has 0 atom stereocenters. The van der Waals surface area contributed by atoms with E-state index in [9.17, 15) is 4.79 Å². The summed E-state index contributed by atoms with van der Waals surface area (Å²) < 4.78 is 0. The zero-order valence-corrected chi connectivity index (χ0v) is 18.0. The van der Waals surface area contributed by atoms with Gasteiger partial charge >= 0.3 is 0 Å². The lowest BCUT2D eigenvalue weighted by Crippen LogP contribution is -2.26. The molecule has 0 aliphatic carbocycles. The molecule has 1 N–H and O–H groups in total. The lowest BCUT2D eigenvalue weighted by molar-refractivity contribution is -0.115. The fourth-order valence-corrected chi connectivity index (χ4v) is 4.06. The maximum atomic E-state index is 12.9. The Morgan fingerprint density at radius 2 is 1.66 bits per heavy atom. The van der Waals surface area contributed by atoms with E-state index in [1.54, 1.807) is 0 Å². The first-order chi connectivity index (χ1) is 14.1. The molecule has 0 aliphatic heterocycles. The van der Waals surface area contributed by atoms with Crippen molar-refractivity contribution in [3.8, 4) is 0 Å². The molecule has 3 aromatic carbocycles. The van der Waals surface area contributed by atoms with Crippen LogP contribution in [-0.4, -0.2) is 18.2 Å². The van der Waals surface area contributed by atoms with Crippen LogP contribution in [0, 0.1) is 6.92 Å². The van der Waals surface area contributed by atoms with Gasteiger partial charge in [0.25, 0.3) is 5.91 Å². The minimum absolute atomic E-state index is 0.0902. The first-order valence-electron chi connectivity index (χ1n) is 9.57. The number of aryl methyl sites for hydroxylation is 1. The molecule has 4 heteroatoms. The van der Waals surface area contributed by atoms with Gasteiger partial charge in [0.15, 0.2) is 0 Å². The van der Waals surface area contributed by atoms with Gasteiger partial charge in [-0.05, 0) is 41.3 Å². The molecule has 0 aromatic heterocycles. The topological polar surface area (TPSA) is 29.1 Å². The van der Waals surface area contributed by atoms with Gasteiger partial charge in [0.05, 0.1) is 0 Å². The number of amides is 1. The van der Waals surface area contributed by atoms with Crippen LogP contribution in [0.15, 0.2) is 78.9 Å². The molecule has 148 valence electrons. The predicted molar refractivity (Wildman–Crippen MR) is 126 cm³/mol. The van der Waals surface area contributed by atoms with Crippen molar-refractivity contribution in [2.24, 2.45) is 0 Å². The summed E-state index contributed by atoms with van der Waals surface area (Å²) in [4.78, 5) is 12.9. The lowest BCUT2D eigenvalue weighted by Gasteiger charge is -2.11. The Balaban J connectivity index is 1.63. The number of rotatable bonds is 8. The average Bonchev–Trinajstić information content (AvgIpc) is 2.74. The lowest BCUT2D eigenvalue weighted by atomic mass is 10.0. The Morgan fingerprint density at radius 3 is 2.41 bits per heavy atom. The van der Waals surface area contributed by atoms with Crippen molar-refractivity contribution >= 4 is 40.9 Å². The van der Waals surface area contributed by atoms with Crippen LogP contribution in [0.3, 0.4) is 0 Å². The van der Waals surface area contributed by atoms with E-state index in [1.807, 2.05) is 72.4 Å². The molecule has 0 aliphatic rings. The van der Waals surface area contributed by atoms with E-state index in [0.717, 1.165) is 22.6 Å². The van der Waals surface area contributed by atoms with Crippen LogP contribution < -0.4 is 5.32 Å². The SMILES string of the molecule is Cc1ccccc1CSCCNC(=O)/C(=C/c1ccccc1Cl)c1ccccc1. The van der Waals surface area contributed by atoms with Crippen molar-refractivity contribution in [3.05, 3.63) is 106 Å². The van der Waals surface area contributed by atoms with Gasteiger partial charge in [0.1, 0.15) is 0 Å². The van der Waals surface area contributed by atoms with Gasteiger partial charge in [-0.2, -0.15) is 11.8 Å². The van der Waals surface area contributed by atoms with E-state index in [0.29, 0.717) is 17.1 Å². The summed E-state index contributed by atoms with van der Waals surface area (Å²) >= 11 is 8.12. The Labute approximate surface area is 182 Å². The molecule has 0 radical (unpaired) electrons. The number of nitrogens with one attached hydrogen (secondary N) is 1. The Bertz CT molecular complexity index is 985. The molecule has 1 amide bonds. The predicted octanol–water partition coefficient (Wildman–Crippen LogP) is 6.24. The Kier molecular flexibility index (Phi) is 7.97. The summed E-state index contributed by atoms with van der Waals surface area (Å²) in [7, 11) is 0. The van der Waals surface area contributed by atoms with Crippen LogP contribution in [0.25, 0.3) is 11.6 Å². The maximum absolute atomic E-state index is 12.9. The number of hydrogen-bond donors (Lipinski definition) is 1. The molecule has 0 saturated heterocycles. The molecule has 3 aromatic rings. The van der Waals surface area contributed by atoms with Crippen molar-refractivity contribution in [2.45, 2.75) is 12.7 Å². The quantitative estimate of drug-likeness (QED) is 0.265. The van der Waals surface area contributed by atoms with Gasteiger partial charge < -0.3 is 5.32 Å². The van der Waals surface area contributed by atoms with Crippen LogP contribution in [0.2, 0.25) is 5.02 Å². The van der Waals surface area contributed by atoms with E-state index in [2.05, 4.69) is 36.5 Å². The summed E-state index contributed by atoms with van der Waals surface area (Å²) in [6.45, 7) is 2.74. The number of carbonyl (C=O) groups excluding carboxylic acids is 1. The van der Waals surface area contributed by atoms with Crippen LogP contribution >= 0.6 is 23.4 Å². The van der Waals surface area contributed by atoms with Crippen LogP contribution in [0.4, 0.5) is 0 Å². The first-order valence-corrected chi connectivity index (χ1v) is 11.1. The highest BCUT2D eigenvalue weighted by atomic mass is 35.5. The van der Waals surface area contributed by atoms with Crippen molar-refractivity contribution in [1.29, 1.82) is 0 Å². The third-order valence-electron chi connectivity index (χ3n) is 4.59. The Morgan fingerprint density at radius 1 is 0.966 bits per heavy atom. The number of benzene rings is 3. The molecular weight excluding hydrogens is 398 g/mol. The molecule has 0 fully saturated rings. The van der Waals surface area contributed by atoms with Gasteiger partial charge in [0.2, 0.25) is 0 Å². The normalized spacial score (nSPS) is 11.3. The number of halogens is 1. The fourth-order valence-electron chi connectivity index (χ4n) is 2.93. The molecule has 0 bridgehead atoms. The van der Waals surface area contributed by atoms with Crippen LogP contribution in [-0.2, 0) is 10.5 Å². The fraction of sp³-hybridized carbons (Fsp3) is 0.160. The highest BCUT2D eigenvalue weighted by Gasteiger charge is 2.12. The van der Waals surface area contributed by atoms with E-state index in [-0.39, 0.29) is 5.91 Å². The summed E-state index contributed by atoms with van der Waals surface area (Å²) in [5.74, 6) is 1.71. The average molecular weight is 422 g/mol. The van der Waals surface area contributed by atoms with Crippen LogP contribution in [0.5, 0.6) is 0 Å². The summed E-state index contributed by atoms with van der Waals surface area (Å²) in [6.07, 6.45) is 1.85. The maximum Gasteiger partial charge on any atom is 0.251 e. The van der Waals surface area contributed by atoms with Crippen molar-refractivity contribution < 1.29 is 4.79 Å². The minimum atomic E-state index is -0.0902. The number of hydrogen-bond acceptors (Lipinski definition) is 2. The van der Waals surface area contributed by atoms with Crippen molar-refractivity contribution in [1.82, 2.24) is 5.32 Å². The smallest absolute Gasteiger partial charge is 0.251 e. The van der Waals surface area contributed by atoms with Crippen molar-refractivity contribution in [3.63, 3.8) is 0 Å². The third-order valence-corrected chi connectivity index (χ3v) is 5.94. The van der Waals surface area contributed by atoms with E-state index in [4.69, 9.17) is 11.6 Å². The van der Waals surface area contributed by atoms with Gasteiger partial charge in [0, 0.05) is 28.6 Å². The molecule has 0 spiro atoms. The Hall–Kier alpha value is -2.49. The van der Waals surface area contributed by atoms with Crippen LogP contribution in [0.1, 0.15) is 22.3 Å². The molecule has 0 heterocycles. The van der Waals surface area contributed by atoms with Crippen molar-refractivity contribution in [2.75, 3.05) is 12.3 Å². The molecule has 29 heavy (non-hydrogen) atoms. The highest BCUT2D eigenvalue weighted by molar-refractivity contribution is 7.98. The summed E-state index contributed by atoms with van der Waals surface area (Å²) in [6, 6.07) is 25.6. The second kappa shape index (κ2) is 10.9. The highest BCUT2D eigenvalue weighted by Crippen LogP contribution is 2.23. The summed E-state index contributed by atoms with van der Waals surface area (Å²) in [5, 5.41) is 3.68. The monoisotopic (exact) mass is 421 g/mol. The zero-order chi connectivity index (χ0) is 20.5.